The zero-order valence-corrected chi connectivity index (χ0v) is 11.2. The number of ether oxygens (including phenoxy) is 1. The maximum atomic E-state index is 10.9. The predicted molar refractivity (Wildman–Crippen MR) is 50.9 cm³/mol. The van der Waals surface area contributed by atoms with Crippen molar-refractivity contribution in [1.29, 1.82) is 0 Å². The molecule has 0 radical (unpaired) electrons. The summed E-state index contributed by atoms with van der Waals surface area (Å²) < 4.78 is 10.3. The van der Waals surface area contributed by atoms with E-state index in [1.54, 1.807) is 14.0 Å². The molecule has 14 heavy (non-hydrogen) atoms. The number of halogens is 1. The van der Waals surface area contributed by atoms with Crippen LogP contribution in [0.15, 0.2) is 0 Å². The first-order valence-electron chi connectivity index (χ1n) is 4.52. The number of carbonyl (C=O) groups is 1. The van der Waals surface area contributed by atoms with E-state index in [9.17, 15) is 4.79 Å². The molecule has 0 spiro atoms. The molecular formula is C9H19INO3-. The van der Waals surface area contributed by atoms with Gasteiger partial charge in [-0.25, -0.2) is 0 Å². The summed E-state index contributed by atoms with van der Waals surface area (Å²) in [5, 5.41) is 0. The molecule has 0 heterocycles. The first kappa shape index (κ1) is 14.3. The van der Waals surface area contributed by atoms with Crippen LogP contribution < -0.4 is 21.6 Å². The number of ketones is 1. The Labute approximate surface area is 96.7 Å². The normalized spacial score (nSPS) is 11.1. The third-order valence-corrected chi connectivity index (χ3v) is 2.71. The van der Waals surface area contributed by atoms with Gasteiger partial charge in [-0.05, 0) is 0 Å². The first-order chi connectivity index (χ1) is 6.70. The summed E-state index contributed by atoms with van der Waals surface area (Å²) >= 11 is -0.102. The molecule has 0 fully saturated rings. The monoisotopic (exact) mass is 316 g/mol. The molecule has 0 aromatic heterocycles. The Morgan fingerprint density at radius 1 is 1.36 bits per heavy atom. The second-order valence-electron chi connectivity index (χ2n) is 2.94. The molecule has 0 unspecified atom stereocenters. The molecule has 0 aromatic carbocycles. The molecule has 0 saturated heterocycles. The number of methoxy groups -OCH3 is 1. The van der Waals surface area contributed by atoms with Crippen LogP contribution in [0.25, 0.3) is 0 Å². The van der Waals surface area contributed by atoms with E-state index in [0.29, 0.717) is 13.2 Å². The topological polar surface area (TPSA) is 38.8 Å². The van der Waals surface area contributed by atoms with E-state index in [2.05, 4.69) is 9.83 Å². The van der Waals surface area contributed by atoms with E-state index in [0.717, 1.165) is 19.7 Å². The van der Waals surface area contributed by atoms with E-state index in [4.69, 9.17) is 7.80 Å². The van der Waals surface area contributed by atoms with Crippen LogP contribution in [0.3, 0.4) is 0 Å². The van der Waals surface area contributed by atoms with Gasteiger partial charge in [-0.3, -0.25) is 0 Å². The van der Waals surface area contributed by atoms with Gasteiger partial charge in [0.15, 0.2) is 0 Å². The summed E-state index contributed by atoms with van der Waals surface area (Å²) in [6.45, 7) is 5.09. The van der Waals surface area contributed by atoms with Crippen LogP contribution in [0.1, 0.15) is 6.92 Å². The Hall–Kier alpha value is 0.280. The quantitative estimate of drug-likeness (QED) is 0.261. The minimum atomic E-state index is -0.102. The van der Waals surface area contributed by atoms with Gasteiger partial charge in [-0.2, -0.15) is 0 Å². The van der Waals surface area contributed by atoms with E-state index in [1.807, 2.05) is 0 Å². The number of rotatable bonds is 9. The predicted octanol–water partition coefficient (Wildman–Crippen LogP) is -2.83. The summed E-state index contributed by atoms with van der Waals surface area (Å²) in [4.78, 5) is 15.1. The molecule has 0 N–H and O–H groups in total. The van der Waals surface area contributed by atoms with Gasteiger partial charge in [-0.1, -0.05) is 0 Å². The number of Topliss-reactive ketones (excluding diaryl/α,β-unsaturated/α-hetero) is 1. The average molecular weight is 316 g/mol. The summed E-state index contributed by atoms with van der Waals surface area (Å²) in [6, 6.07) is 0. The molecule has 0 rings (SSSR count). The standard InChI is InChI=1S/C9H19INO3/c1-9(12)8-11(4-6-13-3)5-7-14-10-2/h4-8H2,1-3H3/q-1. The summed E-state index contributed by atoms with van der Waals surface area (Å²) in [7, 11) is 1.67. The maximum absolute atomic E-state index is 10.9. The number of alkyl halides is 1. The van der Waals surface area contributed by atoms with Gasteiger partial charge in [-0.15, -0.1) is 0 Å². The van der Waals surface area contributed by atoms with Crippen molar-refractivity contribution in [2.45, 2.75) is 6.92 Å². The summed E-state index contributed by atoms with van der Waals surface area (Å²) in [5.74, 6) is 0.187. The second kappa shape index (κ2) is 9.82. The fraction of sp³-hybridized carbons (Fsp3) is 0.889. The molecule has 0 aliphatic carbocycles. The first-order valence-corrected chi connectivity index (χ1v) is 7.56. The van der Waals surface area contributed by atoms with Gasteiger partial charge in [0, 0.05) is 0 Å². The van der Waals surface area contributed by atoms with Crippen LogP contribution >= 0.6 is 0 Å². The number of hydrogen-bond acceptors (Lipinski definition) is 4. The molecule has 0 saturated carbocycles. The van der Waals surface area contributed by atoms with Crippen molar-refractivity contribution in [3.8, 4) is 0 Å². The fourth-order valence-corrected chi connectivity index (χ4v) is 1.68. The number of hydrogen-bond donors (Lipinski definition) is 0. The Balaban J connectivity index is 3.66. The van der Waals surface area contributed by atoms with Crippen LogP contribution in [0.5, 0.6) is 0 Å². The SMILES string of the molecule is COCCN(CCO[I-]C)CC(C)=O. The van der Waals surface area contributed by atoms with Gasteiger partial charge in [0.05, 0.1) is 0 Å². The Morgan fingerprint density at radius 3 is 2.50 bits per heavy atom. The van der Waals surface area contributed by atoms with Gasteiger partial charge < -0.3 is 0 Å². The molecule has 0 bridgehead atoms. The van der Waals surface area contributed by atoms with Crippen LogP contribution in [0, 0.1) is 0 Å². The Kier molecular flexibility index (Phi) is 10.0. The van der Waals surface area contributed by atoms with E-state index in [1.165, 1.54) is 0 Å². The van der Waals surface area contributed by atoms with Crippen molar-refractivity contribution in [1.82, 2.24) is 4.90 Å². The van der Waals surface area contributed by atoms with Crippen LogP contribution in [-0.4, -0.2) is 55.6 Å². The van der Waals surface area contributed by atoms with E-state index in [-0.39, 0.29) is 27.4 Å². The molecule has 0 aliphatic heterocycles. The third kappa shape index (κ3) is 8.86. The van der Waals surface area contributed by atoms with Gasteiger partial charge in [0.25, 0.3) is 0 Å². The Morgan fingerprint density at radius 2 is 2.00 bits per heavy atom. The van der Waals surface area contributed by atoms with Gasteiger partial charge >= 0.3 is 96.7 Å². The third-order valence-electron chi connectivity index (χ3n) is 1.65. The van der Waals surface area contributed by atoms with E-state index < -0.39 is 0 Å². The van der Waals surface area contributed by atoms with Gasteiger partial charge in [0.1, 0.15) is 0 Å². The van der Waals surface area contributed by atoms with Crippen molar-refractivity contribution in [3.63, 3.8) is 0 Å². The molecule has 0 aliphatic rings. The second-order valence-corrected chi connectivity index (χ2v) is 4.44. The minimum absolute atomic E-state index is 0.102. The molecule has 0 atom stereocenters. The van der Waals surface area contributed by atoms with Crippen LogP contribution in [0.2, 0.25) is 0 Å². The zero-order valence-electron chi connectivity index (χ0n) is 9.09. The molecular weight excluding hydrogens is 297 g/mol. The van der Waals surface area contributed by atoms with Crippen molar-refractivity contribution in [2.24, 2.45) is 0 Å². The van der Waals surface area contributed by atoms with Crippen molar-refractivity contribution in [2.75, 3.05) is 44.9 Å². The average Bonchev–Trinajstić information content (AvgIpc) is 2.13. The fourth-order valence-electron chi connectivity index (χ4n) is 1.05. The van der Waals surface area contributed by atoms with Gasteiger partial charge in [0.2, 0.25) is 0 Å². The van der Waals surface area contributed by atoms with Crippen LogP contribution in [-0.2, 0) is 12.6 Å². The number of carbonyl (C=O) groups excluding carboxylic acids is 1. The van der Waals surface area contributed by atoms with E-state index >= 15 is 0 Å². The van der Waals surface area contributed by atoms with Crippen LogP contribution in [0.4, 0.5) is 0 Å². The molecule has 86 valence electrons. The molecule has 4 nitrogen and oxygen atoms in total. The van der Waals surface area contributed by atoms with Crippen molar-refractivity contribution < 1.29 is 34.2 Å². The van der Waals surface area contributed by atoms with Crippen molar-refractivity contribution >= 4 is 5.78 Å². The summed E-state index contributed by atoms with van der Waals surface area (Å²) in [5.41, 5.74) is 0. The number of nitrogens with zero attached hydrogens (tertiary/aromatic N) is 1. The van der Waals surface area contributed by atoms with Crippen molar-refractivity contribution in [3.05, 3.63) is 0 Å². The molecule has 0 aromatic rings. The molecule has 5 heteroatoms. The Bertz CT molecular complexity index is 155. The summed E-state index contributed by atoms with van der Waals surface area (Å²) in [6.07, 6.45) is 0. The molecule has 0 amide bonds. The zero-order chi connectivity index (χ0) is 10.8.